The Morgan fingerprint density at radius 3 is 2.93 bits per heavy atom. The number of carbonyl (C=O) groups excluding carboxylic acids is 2. The van der Waals surface area contributed by atoms with Gasteiger partial charge in [0.25, 0.3) is 0 Å². The second kappa shape index (κ2) is 10.2. The van der Waals surface area contributed by atoms with Crippen LogP contribution in [0.3, 0.4) is 0 Å². The molecule has 0 spiro atoms. The van der Waals surface area contributed by atoms with Crippen LogP contribution in [0, 0.1) is 0 Å². The average Bonchev–Trinajstić information content (AvgIpc) is 3.14. The predicted molar refractivity (Wildman–Crippen MR) is 101 cm³/mol. The van der Waals surface area contributed by atoms with E-state index in [1.165, 1.54) is 4.90 Å². The molecular formula is C19H25N3O5. The highest BCUT2D eigenvalue weighted by atomic mass is 16.6. The van der Waals surface area contributed by atoms with Crippen molar-refractivity contribution in [1.29, 1.82) is 0 Å². The highest BCUT2D eigenvalue weighted by Gasteiger charge is 2.27. The molecule has 0 saturated heterocycles. The number of methoxy groups -OCH3 is 1. The molecule has 2 amide bonds. The number of nitrogens with zero attached hydrogens (tertiary/aromatic N) is 2. The van der Waals surface area contributed by atoms with Gasteiger partial charge in [-0.3, -0.25) is 4.79 Å². The molecule has 2 rings (SSSR count). The van der Waals surface area contributed by atoms with Gasteiger partial charge < -0.3 is 24.5 Å². The number of para-hydroxylation sites is 1. The first-order valence-electron chi connectivity index (χ1n) is 8.74. The van der Waals surface area contributed by atoms with Crippen LogP contribution in [0.15, 0.2) is 42.1 Å². The van der Waals surface area contributed by atoms with Gasteiger partial charge in [0.2, 0.25) is 0 Å². The average molecular weight is 375 g/mol. The molecule has 1 N–H and O–H groups in total. The van der Waals surface area contributed by atoms with Crippen molar-refractivity contribution in [3.05, 3.63) is 42.5 Å². The first-order valence-corrected chi connectivity index (χ1v) is 8.74. The van der Waals surface area contributed by atoms with Gasteiger partial charge in [-0.15, -0.1) is 6.58 Å². The number of hydrogen-bond donors (Lipinski definition) is 1. The van der Waals surface area contributed by atoms with Gasteiger partial charge in [-0.05, 0) is 19.1 Å². The Balaban J connectivity index is 1.93. The lowest BCUT2D eigenvalue weighted by Gasteiger charge is -2.23. The van der Waals surface area contributed by atoms with Gasteiger partial charge in [0.05, 0.1) is 26.0 Å². The molecule has 1 aromatic carbocycles. The van der Waals surface area contributed by atoms with Crippen LogP contribution in [-0.4, -0.2) is 62.1 Å². The van der Waals surface area contributed by atoms with E-state index >= 15 is 0 Å². The fourth-order valence-electron chi connectivity index (χ4n) is 2.68. The molecule has 1 aliphatic rings. The zero-order chi connectivity index (χ0) is 19.6. The maximum Gasteiger partial charge on any atom is 0.325 e. The topological polar surface area (TPSA) is 89.5 Å². The Labute approximate surface area is 158 Å². The third-order valence-corrected chi connectivity index (χ3v) is 3.90. The number of amides is 2. The van der Waals surface area contributed by atoms with Crippen LogP contribution in [0.25, 0.3) is 0 Å². The Kier molecular flexibility index (Phi) is 7.66. The van der Waals surface area contributed by atoms with E-state index in [-0.39, 0.29) is 19.3 Å². The van der Waals surface area contributed by atoms with Gasteiger partial charge in [0.15, 0.2) is 6.10 Å². The second-order valence-electron chi connectivity index (χ2n) is 5.83. The summed E-state index contributed by atoms with van der Waals surface area (Å²) in [6.45, 7) is 6.09. The van der Waals surface area contributed by atoms with Crippen molar-refractivity contribution >= 4 is 17.7 Å². The first-order chi connectivity index (χ1) is 13.1. The number of hydrogen-bond acceptors (Lipinski definition) is 6. The second-order valence-corrected chi connectivity index (χ2v) is 5.83. The lowest BCUT2D eigenvalue weighted by atomic mass is 10.0. The molecule has 1 atom stereocenters. The molecule has 0 radical (unpaired) electrons. The molecule has 1 aliphatic heterocycles. The number of rotatable bonds is 9. The molecule has 0 aromatic heterocycles. The lowest BCUT2D eigenvalue weighted by molar-refractivity contribution is -0.141. The van der Waals surface area contributed by atoms with Gasteiger partial charge in [-0.2, -0.15) is 0 Å². The summed E-state index contributed by atoms with van der Waals surface area (Å²) < 4.78 is 10.2. The summed E-state index contributed by atoms with van der Waals surface area (Å²) in [5.74, 6) is 0.235. The van der Waals surface area contributed by atoms with Crippen molar-refractivity contribution in [2.45, 2.75) is 19.4 Å². The molecule has 0 bridgehead atoms. The van der Waals surface area contributed by atoms with Crippen molar-refractivity contribution in [2.24, 2.45) is 5.16 Å². The monoisotopic (exact) mass is 375 g/mol. The minimum Gasteiger partial charge on any atom is -0.496 e. The van der Waals surface area contributed by atoms with Gasteiger partial charge in [-0.25, -0.2) is 4.79 Å². The van der Waals surface area contributed by atoms with E-state index < -0.39 is 12.0 Å². The molecule has 146 valence electrons. The first kappa shape index (κ1) is 20.3. The number of ether oxygens (including phenoxy) is 2. The highest BCUT2D eigenvalue weighted by molar-refractivity contribution is 6.03. The minimum atomic E-state index is -0.483. The number of esters is 1. The maximum atomic E-state index is 12.3. The minimum absolute atomic E-state index is 0.186. The number of benzene rings is 1. The van der Waals surface area contributed by atoms with E-state index in [1.807, 2.05) is 24.3 Å². The molecule has 1 heterocycles. The number of carbonyl (C=O) groups is 2. The molecule has 0 aliphatic carbocycles. The van der Waals surface area contributed by atoms with Gasteiger partial charge in [0, 0.05) is 18.5 Å². The molecular weight excluding hydrogens is 350 g/mol. The van der Waals surface area contributed by atoms with E-state index in [0.29, 0.717) is 19.5 Å². The molecule has 0 unspecified atom stereocenters. The normalized spacial score (nSPS) is 15.3. The van der Waals surface area contributed by atoms with Crippen LogP contribution in [0.1, 0.15) is 18.9 Å². The van der Waals surface area contributed by atoms with E-state index in [0.717, 1.165) is 17.0 Å². The predicted octanol–water partition coefficient (Wildman–Crippen LogP) is 1.95. The summed E-state index contributed by atoms with van der Waals surface area (Å²) in [6.07, 6.45) is 1.86. The van der Waals surface area contributed by atoms with E-state index in [4.69, 9.17) is 14.3 Å². The van der Waals surface area contributed by atoms with Crippen LogP contribution < -0.4 is 10.1 Å². The Hall–Kier alpha value is -3.03. The fraction of sp³-hybridized carbons (Fsp3) is 0.421. The highest BCUT2D eigenvalue weighted by Crippen LogP contribution is 2.24. The molecule has 1 aromatic rings. The molecule has 8 nitrogen and oxygen atoms in total. The quantitative estimate of drug-likeness (QED) is 0.526. The van der Waals surface area contributed by atoms with E-state index in [1.54, 1.807) is 20.1 Å². The SMILES string of the molecule is C=CCN(C[C@@H]1CC(c2ccccc2OC)=NO1)C(=O)NCC(=O)OCC. The smallest absolute Gasteiger partial charge is 0.325 e. The summed E-state index contributed by atoms with van der Waals surface area (Å²) in [5.41, 5.74) is 1.63. The van der Waals surface area contributed by atoms with Crippen molar-refractivity contribution < 1.29 is 23.9 Å². The molecule has 0 saturated carbocycles. The van der Waals surface area contributed by atoms with Crippen molar-refractivity contribution in [3.63, 3.8) is 0 Å². The molecule has 8 heteroatoms. The van der Waals surface area contributed by atoms with Crippen molar-refractivity contribution in [1.82, 2.24) is 10.2 Å². The number of oxime groups is 1. The zero-order valence-electron chi connectivity index (χ0n) is 15.6. The van der Waals surface area contributed by atoms with Crippen LogP contribution in [0.4, 0.5) is 4.79 Å². The summed E-state index contributed by atoms with van der Waals surface area (Å²) in [4.78, 5) is 30.7. The summed E-state index contributed by atoms with van der Waals surface area (Å²) in [5, 5.41) is 6.68. The lowest BCUT2D eigenvalue weighted by Crippen LogP contribution is -2.45. The third-order valence-electron chi connectivity index (χ3n) is 3.90. The fourth-order valence-corrected chi connectivity index (χ4v) is 2.68. The Bertz CT molecular complexity index is 704. The van der Waals surface area contributed by atoms with E-state index in [9.17, 15) is 9.59 Å². The number of urea groups is 1. The van der Waals surface area contributed by atoms with Crippen LogP contribution in [0.2, 0.25) is 0 Å². The Morgan fingerprint density at radius 2 is 2.22 bits per heavy atom. The largest absolute Gasteiger partial charge is 0.496 e. The third kappa shape index (κ3) is 5.73. The van der Waals surface area contributed by atoms with E-state index in [2.05, 4.69) is 17.1 Å². The van der Waals surface area contributed by atoms with Gasteiger partial charge >= 0.3 is 12.0 Å². The molecule has 27 heavy (non-hydrogen) atoms. The summed E-state index contributed by atoms with van der Waals surface area (Å²) in [7, 11) is 1.60. The van der Waals surface area contributed by atoms with Crippen LogP contribution in [-0.2, 0) is 14.4 Å². The molecule has 0 fully saturated rings. The van der Waals surface area contributed by atoms with Gasteiger partial charge in [0.1, 0.15) is 12.3 Å². The van der Waals surface area contributed by atoms with Crippen molar-refractivity contribution in [3.8, 4) is 5.75 Å². The van der Waals surface area contributed by atoms with Crippen molar-refractivity contribution in [2.75, 3.05) is 33.4 Å². The Morgan fingerprint density at radius 1 is 1.44 bits per heavy atom. The van der Waals surface area contributed by atoms with Crippen LogP contribution in [0.5, 0.6) is 5.75 Å². The van der Waals surface area contributed by atoms with Gasteiger partial charge in [-0.1, -0.05) is 23.4 Å². The zero-order valence-corrected chi connectivity index (χ0v) is 15.6. The maximum absolute atomic E-state index is 12.3. The number of nitrogens with one attached hydrogen (secondary N) is 1. The standard InChI is InChI=1S/C19H25N3O5/c1-4-10-22(19(24)20-12-18(23)26-5-2)13-14-11-16(21-27-14)15-8-6-7-9-17(15)25-3/h4,6-9,14H,1,5,10-13H2,2-3H3,(H,20,24)/t14-/m0/s1. The summed E-state index contributed by atoms with van der Waals surface area (Å²) in [6, 6.07) is 7.17. The van der Waals surface area contributed by atoms with Crippen LogP contribution >= 0.6 is 0 Å². The summed E-state index contributed by atoms with van der Waals surface area (Å²) >= 11 is 0.